The number of nitrogens with one attached hydrogen (secondary N) is 2. The number of hydrogen-bond donors (Lipinski definition) is 2. The van der Waals surface area contributed by atoms with E-state index >= 15 is 0 Å². The average molecular weight is 446 g/mol. The van der Waals surface area contributed by atoms with E-state index in [-0.39, 0.29) is 37.2 Å². The van der Waals surface area contributed by atoms with Gasteiger partial charge in [0.25, 0.3) is 11.8 Å². The first-order chi connectivity index (χ1) is 14.3. The number of piperidine rings is 1. The minimum Gasteiger partial charge on any atom is -0.348 e. The van der Waals surface area contributed by atoms with Crippen molar-refractivity contribution in [2.24, 2.45) is 0 Å². The molecular formula is C21H17Cl2N3O4. The molecule has 4 amide bonds. The van der Waals surface area contributed by atoms with E-state index in [0.29, 0.717) is 27.6 Å². The molecular weight excluding hydrogens is 429 g/mol. The van der Waals surface area contributed by atoms with Gasteiger partial charge in [0.2, 0.25) is 11.8 Å². The minimum atomic E-state index is -0.652. The SMILES string of the molecule is O=C1CCC(N2Cc3cc(CNC(=O)c4ccc(Cl)c(Cl)c4)ccc3C2=O)C(=O)N1. The lowest BCUT2D eigenvalue weighted by Crippen LogP contribution is -2.52. The fourth-order valence-electron chi connectivity index (χ4n) is 3.66. The molecule has 4 rings (SSSR count). The normalized spacial score (nSPS) is 18.3. The van der Waals surface area contributed by atoms with Crippen molar-refractivity contribution >= 4 is 46.8 Å². The molecule has 1 saturated heterocycles. The minimum absolute atomic E-state index is 0.211. The third kappa shape index (κ3) is 3.91. The molecule has 2 heterocycles. The van der Waals surface area contributed by atoms with Gasteiger partial charge < -0.3 is 10.2 Å². The zero-order valence-corrected chi connectivity index (χ0v) is 17.2. The van der Waals surface area contributed by atoms with E-state index in [9.17, 15) is 19.2 Å². The maximum Gasteiger partial charge on any atom is 0.255 e. The highest BCUT2D eigenvalue weighted by atomic mass is 35.5. The highest BCUT2D eigenvalue weighted by Gasteiger charge is 2.39. The Morgan fingerprint density at radius 3 is 2.63 bits per heavy atom. The first kappa shape index (κ1) is 20.4. The van der Waals surface area contributed by atoms with Gasteiger partial charge in [0.15, 0.2) is 0 Å². The van der Waals surface area contributed by atoms with Crippen LogP contribution in [0, 0.1) is 0 Å². The second kappa shape index (κ2) is 8.08. The highest BCUT2D eigenvalue weighted by molar-refractivity contribution is 6.42. The molecule has 9 heteroatoms. The molecule has 2 N–H and O–H groups in total. The van der Waals surface area contributed by atoms with Gasteiger partial charge in [0.1, 0.15) is 6.04 Å². The number of imide groups is 1. The third-order valence-electron chi connectivity index (χ3n) is 5.22. The summed E-state index contributed by atoms with van der Waals surface area (Å²) in [5.41, 5.74) is 2.52. The van der Waals surface area contributed by atoms with Gasteiger partial charge in [-0.3, -0.25) is 24.5 Å². The lowest BCUT2D eigenvalue weighted by molar-refractivity contribution is -0.136. The molecule has 30 heavy (non-hydrogen) atoms. The second-order valence-electron chi connectivity index (χ2n) is 7.20. The standard InChI is InChI=1S/C21H17Cl2N3O4/c22-15-4-2-12(8-16(15)23)19(28)24-9-11-1-3-14-13(7-11)10-26(21(14)30)17-5-6-18(27)25-20(17)29/h1-4,7-8,17H,5-6,9-10H2,(H,24,28)(H,25,27,29). The van der Waals surface area contributed by atoms with Gasteiger partial charge in [0, 0.05) is 30.6 Å². The Hall–Kier alpha value is -2.90. The summed E-state index contributed by atoms with van der Waals surface area (Å²) in [5, 5.41) is 5.77. The molecule has 0 saturated carbocycles. The summed E-state index contributed by atoms with van der Waals surface area (Å²) in [7, 11) is 0. The van der Waals surface area contributed by atoms with Gasteiger partial charge in [-0.25, -0.2) is 0 Å². The molecule has 1 fully saturated rings. The monoisotopic (exact) mass is 445 g/mol. The summed E-state index contributed by atoms with van der Waals surface area (Å²) in [6.45, 7) is 0.550. The van der Waals surface area contributed by atoms with Gasteiger partial charge in [-0.1, -0.05) is 35.3 Å². The summed E-state index contributed by atoms with van der Waals surface area (Å²) >= 11 is 11.8. The molecule has 2 aromatic rings. The number of carbonyl (C=O) groups excluding carboxylic acids is 4. The van der Waals surface area contributed by atoms with Crippen LogP contribution in [0.15, 0.2) is 36.4 Å². The lowest BCUT2D eigenvalue weighted by atomic mass is 10.0. The maximum atomic E-state index is 12.7. The first-order valence-electron chi connectivity index (χ1n) is 9.33. The van der Waals surface area contributed by atoms with Crippen LogP contribution in [0.3, 0.4) is 0 Å². The Kier molecular flexibility index (Phi) is 5.49. The summed E-state index contributed by atoms with van der Waals surface area (Å²) < 4.78 is 0. The van der Waals surface area contributed by atoms with E-state index in [1.54, 1.807) is 24.3 Å². The predicted molar refractivity (Wildman–Crippen MR) is 110 cm³/mol. The summed E-state index contributed by atoms with van der Waals surface area (Å²) in [6, 6.07) is 9.29. The van der Waals surface area contributed by atoms with E-state index in [0.717, 1.165) is 11.1 Å². The summed E-state index contributed by atoms with van der Waals surface area (Å²) in [5.74, 6) is -1.29. The molecule has 2 aliphatic rings. The van der Waals surface area contributed by atoms with E-state index in [1.165, 1.54) is 11.0 Å². The fourth-order valence-corrected chi connectivity index (χ4v) is 3.96. The quantitative estimate of drug-likeness (QED) is 0.707. The smallest absolute Gasteiger partial charge is 0.255 e. The molecule has 0 aromatic heterocycles. The van der Waals surface area contributed by atoms with Crippen molar-refractivity contribution < 1.29 is 19.2 Å². The molecule has 1 atom stereocenters. The van der Waals surface area contributed by atoms with Crippen LogP contribution in [0.4, 0.5) is 0 Å². The number of nitrogens with zero attached hydrogens (tertiary/aromatic N) is 1. The Labute approximate surface area is 182 Å². The average Bonchev–Trinajstić information content (AvgIpc) is 3.04. The molecule has 0 spiro atoms. The van der Waals surface area contributed by atoms with Crippen LogP contribution in [0.1, 0.15) is 44.7 Å². The first-order valence-corrected chi connectivity index (χ1v) is 10.1. The van der Waals surface area contributed by atoms with Crippen LogP contribution >= 0.6 is 23.2 Å². The highest BCUT2D eigenvalue weighted by Crippen LogP contribution is 2.28. The molecule has 1 unspecified atom stereocenters. The zero-order chi connectivity index (χ0) is 21.4. The number of halogens is 2. The van der Waals surface area contributed by atoms with E-state index in [4.69, 9.17) is 23.2 Å². The molecule has 7 nitrogen and oxygen atoms in total. The summed E-state index contributed by atoms with van der Waals surface area (Å²) in [6.07, 6.45) is 0.527. The maximum absolute atomic E-state index is 12.7. The molecule has 0 radical (unpaired) electrons. The van der Waals surface area contributed by atoms with Gasteiger partial charge in [-0.15, -0.1) is 0 Å². The topological polar surface area (TPSA) is 95.6 Å². The zero-order valence-electron chi connectivity index (χ0n) is 15.7. The van der Waals surface area contributed by atoms with Crippen molar-refractivity contribution in [3.63, 3.8) is 0 Å². The van der Waals surface area contributed by atoms with Crippen molar-refractivity contribution in [1.82, 2.24) is 15.5 Å². The largest absolute Gasteiger partial charge is 0.348 e. The van der Waals surface area contributed by atoms with E-state index < -0.39 is 11.9 Å². The van der Waals surface area contributed by atoms with Crippen molar-refractivity contribution in [3.8, 4) is 0 Å². The number of carbonyl (C=O) groups is 4. The molecule has 154 valence electrons. The molecule has 0 bridgehead atoms. The Morgan fingerprint density at radius 2 is 1.90 bits per heavy atom. The van der Waals surface area contributed by atoms with Crippen LogP contribution < -0.4 is 10.6 Å². The Bertz CT molecular complexity index is 1090. The van der Waals surface area contributed by atoms with E-state index in [1.807, 2.05) is 6.07 Å². The molecule has 2 aliphatic heterocycles. The van der Waals surface area contributed by atoms with Gasteiger partial charge >= 0.3 is 0 Å². The van der Waals surface area contributed by atoms with Crippen molar-refractivity contribution in [1.29, 1.82) is 0 Å². The van der Waals surface area contributed by atoms with Gasteiger partial charge in [-0.2, -0.15) is 0 Å². The van der Waals surface area contributed by atoms with Crippen LogP contribution in [0.25, 0.3) is 0 Å². The summed E-state index contributed by atoms with van der Waals surface area (Å²) in [4.78, 5) is 50.0. The number of rotatable bonds is 4. The van der Waals surface area contributed by atoms with Crippen molar-refractivity contribution in [3.05, 3.63) is 68.7 Å². The van der Waals surface area contributed by atoms with Crippen molar-refractivity contribution in [2.75, 3.05) is 0 Å². The third-order valence-corrected chi connectivity index (χ3v) is 5.96. The van der Waals surface area contributed by atoms with Crippen LogP contribution in [-0.4, -0.2) is 34.6 Å². The number of hydrogen-bond acceptors (Lipinski definition) is 4. The predicted octanol–water partition coefficient (Wildman–Crippen LogP) is 2.68. The molecule has 2 aromatic carbocycles. The Morgan fingerprint density at radius 1 is 1.10 bits per heavy atom. The fraction of sp³-hybridized carbons (Fsp3) is 0.238. The van der Waals surface area contributed by atoms with Crippen LogP contribution in [-0.2, 0) is 22.7 Å². The van der Waals surface area contributed by atoms with Gasteiger partial charge in [-0.05, 0) is 41.8 Å². The van der Waals surface area contributed by atoms with E-state index in [2.05, 4.69) is 10.6 Å². The number of fused-ring (bicyclic) bond motifs is 1. The van der Waals surface area contributed by atoms with Crippen LogP contribution in [0.5, 0.6) is 0 Å². The number of benzene rings is 2. The van der Waals surface area contributed by atoms with Gasteiger partial charge in [0.05, 0.1) is 10.0 Å². The Balaban J connectivity index is 1.44. The van der Waals surface area contributed by atoms with Crippen molar-refractivity contribution in [2.45, 2.75) is 32.0 Å². The lowest BCUT2D eigenvalue weighted by Gasteiger charge is -2.29. The molecule has 0 aliphatic carbocycles. The number of amides is 4. The second-order valence-corrected chi connectivity index (χ2v) is 8.02. The van der Waals surface area contributed by atoms with Crippen LogP contribution in [0.2, 0.25) is 10.0 Å².